The van der Waals surface area contributed by atoms with E-state index in [9.17, 15) is 12.8 Å². The second-order valence-electron chi connectivity index (χ2n) is 7.27. The third-order valence-corrected chi connectivity index (χ3v) is 7.16. The predicted octanol–water partition coefficient (Wildman–Crippen LogP) is 4.25. The molecule has 2 heterocycles. The summed E-state index contributed by atoms with van der Waals surface area (Å²) in [4.78, 5) is 3.90. The average Bonchev–Trinajstić information content (AvgIpc) is 3.07. The topological polar surface area (TPSA) is 65.5 Å². The first-order chi connectivity index (χ1) is 14.0. The first-order valence-corrected chi connectivity index (χ1v) is 11.3. The molecule has 1 aliphatic rings. The summed E-state index contributed by atoms with van der Waals surface area (Å²) in [5, 5.41) is 1.74. The fourth-order valence-corrected chi connectivity index (χ4v) is 5.72. The van der Waals surface area contributed by atoms with Gasteiger partial charge in [-0.25, -0.2) is 17.8 Å². The highest BCUT2D eigenvalue weighted by Crippen LogP contribution is 2.36. The van der Waals surface area contributed by atoms with E-state index in [4.69, 9.17) is 9.47 Å². The van der Waals surface area contributed by atoms with E-state index in [-0.39, 0.29) is 17.4 Å². The van der Waals surface area contributed by atoms with Gasteiger partial charge in [-0.1, -0.05) is 24.3 Å². The number of pyridine rings is 1. The summed E-state index contributed by atoms with van der Waals surface area (Å²) in [7, 11) is -1.38. The Morgan fingerprint density at radius 1 is 1.14 bits per heavy atom. The summed E-state index contributed by atoms with van der Waals surface area (Å²) in [5.41, 5.74) is 1.14. The molecular formula is C22H22FNO4S. The molecule has 0 spiro atoms. The Balaban J connectivity index is 1.61. The third-order valence-electron chi connectivity index (χ3n) is 5.32. The van der Waals surface area contributed by atoms with Crippen LogP contribution in [0.2, 0.25) is 0 Å². The van der Waals surface area contributed by atoms with Gasteiger partial charge in [0, 0.05) is 17.0 Å². The van der Waals surface area contributed by atoms with Gasteiger partial charge in [0.2, 0.25) is 5.88 Å². The van der Waals surface area contributed by atoms with Crippen LogP contribution >= 0.6 is 0 Å². The fraction of sp³-hybridized carbons (Fsp3) is 0.318. The van der Waals surface area contributed by atoms with Crippen LogP contribution in [0, 0.1) is 11.7 Å². The molecule has 0 saturated carbocycles. The van der Waals surface area contributed by atoms with Crippen LogP contribution in [0.15, 0.2) is 48.7 Å². The number of nitrogens with zero attached hydrogens (tertiary/aromatic N) is 1. The van der Waals surface area contributed by atoms with E-state index in [1.54, 1.807) is 6.07 Å². The zero-order valence-electron chi connectivity index (χ0n) is 16.1. The number of hydrogen-bond donors (Lipinski definition) is 0. The predicted molar refractivity (Wildman–Crippen MR) is 111 cm³/mol. The summed E-state index contributed by atoms with van der Waals surface area (Å²) in [5.74, 6) is 1.30. The monoisotopic (exact) mass is 415 g/mol. The van der Waals surface area contributed by atoms with Gasteiger partial charge in [-0.3, -0.25) is 0 Å². The Morgan fingerprint density at radius 3 is 2.66 bits per heavy atom. The molecule has 152 valence electrons. The number of fused-ring (bicyclic) bond motifs is 1. The van der Waals surface area contributed by atoms with E-state index >= 15 is 0 Å². The van der Waals surface area contributed by atoms with Crippen molar-refractivity contribution in [3.63, 3.8) is 0 Å². The lowest BCUT2D eigenvalue weighted by Crippen LogP contribution is -2.09. The molecule has 7 heteroatoms. The lowest BCUT2D eigenvalue weighted by molar-refractivity contribution is 0.288. The first kappa shape index (κ1) is 19.6. The van der Waals surface area contributed by atoms with Crippen molar-refractivity contribution in [2.75, 3.05) is 25.2 Å². The Morgan fingerprint density at radius 2 is 1.93 bits per heavy atom. The second-order valence-corrected chi connectivity index (χ2v) is 9.50. The maximum Gasteiger partial charge on any atom is 0.213 e. The number of sulfone groups is 1. The molecule has 2 aromatic carbocycles. The van der Waals surface area contributed by atoms with Crippen molar-refractivity contribution in [3.8, 4) is 22.8 Å². The van der Waals surface area contributed by atoms with Gasteiger partial charge in [0.05, 0.1) is 31.4 Å². The van der Waals surface area contributed by atoms with Gasteiger partial charge < -0.3 is 9.47 Å². The largest absolute Gasteiger partial charge is 0.493 e. The summed E-state index contributed by atoms with van der Waals surface area (Å²) >= 11 is 0. The van der Waals surface area contributed by atoms with Crippen LogP contribution in [-0.4, -0.2) is 38.6 Å². The zero-order chi connectivity index (χ0) is 20.4. The van der Waals surface area contributed by atoms with Crippen LogP contribution in [0.1, 0.15) is 12.8 Å². The van der Waals surface area contributed by atoms with Crippen LogP contribution < -0.4 is 9.47 Å². The molecule has 1 aliphatic heterocycles. The number of methoxy groups -OCH3 is 1. The molecule has 0 bridgehead atoms. The minimum atomic E-state index is -2.88. The highest BCUT2D eigenvalue weighted by molar-refractivity contribution is 7.91. The van der Waals surface area contributed by atoms with E-state index in [1.807, 2.05) is 36.4 Å². The molecule has 5 nitrogen and oxygen atoms in total. The molecule has 0 aliphatic carbocycles. The quantitative estimate of drug-likeness (QED) is 0.602. The first-order valence-electron chi connectivity index (χ1n) is 9.52. The van der Waals surface area contributed by atoms with Gasteiger partial charge in [0.1, 0.15) is 11.6 Å². The van der Waals surface area contributed by atoms with Crippen LogP contribution in [0.5, 0.6) is 11.6 Å². The lowest BCUT2D eigenvalue weighted by atomic mass is 9.98. The van der Waals surface area contributed by atoms with Crippen molar-refractivity contribution in [1.29, 1.82) is 0 Å². The van der Waals surface area contributed by atoms with Gasteiger partial charge in [-0.05, 0) is 41.8 Å². The van der Waals surface area contributed by atoms with Gasteiger partial charge in [0.25, 0.3) is 0 Å². The molecule has 1 aromatic heterocycles. The van der Waals surface area contributed by atoms with Crippen LogP contribution in [-0.2, 0) is 9.84 Å². The number of halogens is 1. The van der Waals surface area contributed by atoms with Gasteiger partial charge in [-0.2, -0.15) is 0 Å². The number of benzene rings is 2. The number of ether oxygens (including phenoxy) is 2. The van der Waals surface area contributed by atoms with Gasteiger partial charge in [-0.15, -0.1) is 0 Å². The molecule has 1 unspecified atom stereocenters. The second kappa shape index (κ2) is 7.99. The van der Waals surface area contributed by atoms with Crippen LogP contribution in [0.4, 0.5) is 4.39 Å². The standard InChI is InChI=1S/C22H22FNO4S/c1-27-22-12-19(20(23)13-24-22)17-6-7-21(18-5-3-2-4-16(17)18)28-10-8-15-9-11-29(25,26)14-15/h2-7,12-13,15H,8-11,14H2,1H3. The van der Waals surface area contributed by atoms with Crippen LogP contribution in [0.3, 0.4) is 0 Å². The SMILES string of the molecule is COc1cc(-c2ccc(OCCC3CCS(=O)(=O)C3)c3ccccc23)c(F)cn1. The summed E-state index contributed by atoms with van der Waals surface area (Å²) in [6.45, 7) is 0.445. The minimum Gasteiger partial charge on any atom is -0.493 e. The van der Waals surface area contributed by atoms with Crippen molar-refractivity contribution in [1.82, 2.24) is 4.98 Å². The summed E-state index contributed by atoms with van der Waals surface area (Å²) < 4.78 is 48.8. The normalized spacial score (nSPS) is 18.1. The smallest absolute Gasteiger partial charge is 0.213 e. The van der Waals surface area contributed by atoms with Crippen molar-refractivity contribution >= 4 is 20.6 Å². The number of rotatable bonds is 6. The van der Waals surface area contributed by atoms with E-state index in [0.717, 1.165) is 22.5 Å². The Bertz CT molecular complexity index is 1150. The molecule has 4 rings (SSSR count). The molecule has 3 aromatic rings. The van der Waals surface area contributed by atoms with E-state index in [0.29, 0.717) is 36.6 Å². The Kier molecular flexibility index (Phi) is 5.41. The van der Waals surface area contributed by atoms with E-state index < -0.39 is 15.7 Å². The maximum atomic E-state index is 14.5. The average molecular weight is 415 g/mol. The van der Waals surface area contributed by atoms with Crippen molar-refractivity contribution < 1.29 is 22.3 Å². The third kappa shape index (κ3) is 4.19. The number of aromatic nitrogens is 1. The Labute approximate surface area is 169 Å². The molecule has 1 atom stereocenters. The summed E-state index contributed by atoms with van der Waals surface area (Å²) in [6.07, 6.45) is 2.56. The number of hydrogen-bond acceptors (Lipinski definition) is 5. The molecule has 0 radical (unpaired) electrons. The lowest BCUT2D eigenvalue weighted by Gasteiger charge is -2.15. The molecule has 29 heavy (non-hydrogen) atoms. The molecule has 1 fully saturated rings. The zero-order valence-corrected chi connectivity index (χ0v) is 16.9. The maximum absolute atomic E-state index is 14.5. The molecule has 1 saturated heterocycles. The molecule has 0 amide bonds. The highest BCUT2D eigenvalue weighted by Gasteiger charge is 2.27. The molecular weight excluding hydrogens is 393 g/mol. The fourth-order valence-electron chi connectivity index (χ4n) is 3.80. The summed E-state index contributed by atoms with van der Waals surface area (Å²) in [6, 6.07) is 12.9. The van der Waals surface area contributed by atoms with Gasteiger partial charge in [0.15, 0.2) is 9.84 Å². The van der Waals surface area contributed by atoms with Crippen molar-refractivity contribution in [2.45, 2.75) is 12.8 Å². The van der Waals surface area contributed by atoms with Gasteiger partial charge >= 0.3 is 0 Å². The Hall–Kier alpha value is -2.67. The van der Waals surface area contributed by atoms with Crippen molar-refractivity contribution in [2.24, 2.45) is 5.92 Å². The van der Waals surface area contributed by atoms with Crippen LogP contribution in [0.25, 0.3) is 21.9 Å². The highest BCUT2D eigenvalue weighted by atomic mass is 32.2. The molecule has 0 N–H and O–H groups in total. The van der Waals surface area contributed by atoms with E-state index in [1.165, 1.54) is 7.11 Å². The van der Waals surface area contributed by atoms with E-state index in [2.05, 4.69) is 4.98 Å². The minimum absolute atomic E-state index is 0.156. The van der Waals surface area contributed by atoms with Crippen molar-refractivity contribution in [3.05, 3.63) is 54.5 Å².